The molecule has 0 bridgehead atoms. The lowest BCUT2D eigenvalue weighted by molar-refractivity contribution is -0.142. The van der Waals surface area contributed by atoms with Gasteiger partial charge in [0.1, 0.15) is 0 Å². The van der Waals surface area contributed by atoms with E-state index in [9.17, 15) is 9.59 Å². The number of hydrogen-bond donors (Lipinski definition) is 1. The molecule has 5 nitrogen and oxygen atoms in total. The van der Waals surface area contributed by atoms with Gasteiger partial charge in [0.15, 0.2) is 5.13 Å². The number of amides is 1. The van der Waals surface area contributed by atoms with E-state index in [0.29, 0.717) is 17.4 Å². The molecular formula is C15H22N2O3S. The van der Waals surface area contributed by atoms with Crippen molar-refractivity contribution in [2.75, 3.05) is 11.9 Å². The van der Waals surface area contributed by atoms with Crippen LogP contribution in [0.4, 0.5) is 5.13 Å². The van der Waals surface area contributed by atoms with Gasteiger partial charge in [0, 0.05) is 11.3 Å². The van der Waals surface area contributed by atoms with Gasteiger partial charge in [0.2, 0.25) is 5.91 Å². The molecule has 1 saturated carbocycles. The third-order valence-corrected chi connectivity index (χ3v) is 4.61. The maximum absolute atomic E-state index is 12.2. The van der Waals surface area contributed by atoms with Crippen LogP contribution < -0.4 is 5.32 Å². The van der Waals surface area contributed by atoms with E-state index in [-0.39, 0.29) is 24.2 Å². The van der Waals surface area contributed by atoms with Crippen molar-refractivity contribution in [3.05, 3.63) is 11.1 Å². The number of hydrogen-bond acceptors (Lipinski definition) is 5. The van der Waals surface area contributed by atoms with E-state index in [1.54, 1.807) is 12.3 Å². The molecule has 116 valence electrons. The molecule has 0 aliphatic heterocycles. The fraction of sp³-hybridized carbons (Fsp3) is 0.667. The summed E-state index contributed by atoms with van der Waals surface area (Å²) in [6.07, 6.45) is 4.29. The lowest BCUT2D eigenvalue weighted by Gasteiger charge is -2.24. The van der Waals surface area contributed by atoms with Crippen LogP contribution in [0.3, 0.4) is 0 Å². The summed E-state index contributed by atoms with van der Waals surface area (Å²) in [5.74, 6) is 0.588. The van der Waals surface area contributed by atoms with Crippen molar-refractivity contribution in [1.82, 2.24) is 4.98 Å². The van der Waals surface area contributed by atoms with E-state index in [4.69, 9.17) is 4.74 Å². The Bertz CT molecular complexity index is 493. The molecule has 0 saturated heterocycles. The van der Waals surface area contributed by atoms with Crippen LogP contribution in [-0.2, 0) is 20.7 Å². The fourth-order valence-corrected chi connectivity index (χ4v) is 3.25. The molecule has 1 amide bonds. The topological polar surface area (TPSA) is 68.3 Å². The minimum atomic E-state index is -0.290. The summed E-state index contributed by atoms with van der Waals surface area (Å²) in [5.41, 5.74) is 0.644. The molecule has 0 atom stereocenters. The zero-order valence-corrected chi connectivity index (χ0v) is 13.4. The van der Waals surface area contributed by atoms with E-state index >= 15 is 0 Å². The third-order valence-electron chi connectivity index (χ3n) is 3.80. The van der Waals surface area contributed by atoms with Gasteiger partial charge in [-0.15, -0.1) is 11.3 Å². The van der Waals surface area contributed by atoms with Gasteiger partial charge in [0.05, 0.1) is 18.7 Å². The third kappa shape index (κ3) is 4.81. The van der Waals surface area contributed by atoms with E-state index in [0.717, 1.165) is 31.6 Å². The van der Waals surface area contributed by atoms with Gasteiger partial charge in [-0.05, 0) is 38.5 Å². The molecule has 0 unspecified atom stereocenters. The normalized spacial score (nSPS) is 21.8. The Hall–Kier alpha value is -1.43. The number of ether oxygens (including phenoxy) is 1. The molecule has 6 heteroatoms. The van der Waals surface area contributed by atoms with Gasteiger partial charge in [-0.2, -0.15) is 0 Å². The Morgan fingerprint density at radius 1 is 1.38 bits per heavy atom. The second-order valence-corrected chi connectivity index (χ2v) is 6.43. The molecular weight excluding hydrogens is 288 g/mol. The van der Waals surface area contributed by atoms with Crippen molar-refractivity contribution in [3.8, 4) is 0 Å². The predicted molar refractivity (Wildman–Crippen MR) is 82.2 cm³/mol. The quantitative estimate of drug-likeness (QED) is 0.849. The van der Waals surface area contributed by atoms with E-state index < -0.39 is 0 Å². The molecule has 1 fully saturated rings. The van der Waals surface area contributed by atoms with Crippen LogP contribution >= 0.6 is 11.3 Å². The maximum Gasteiger partial charge on any atom is 0.311 e. The average molecular weight is 310 g/mol. The van der Waals surface area contributed by atoms with Gasteiger partial charge in [-0.3, -0.25) is 9.59 Å². The highest BCUT2D eigenvalue weighted by Crippen LogP contribution is 2.29. The number of aromatic nitrogens is 1. The Kier molecular flexibility index (Phi) is 5.73. The van der Waals surface area contributed by atoms with E-state index in [1.165, 1.54) is 11.3 Å². The Morgan fingerprint density at radius 2 is 2.10 bits per heavy atom. The molecule has 0 radical (unpaired) electrons. The van der Waals surface area contributed by atoms with Gasteiger partial charge < -0.3 is 10.1 Å². The van der Waals surface area contributed by atoms with Gasteiger partial charge in [0.25, 0.3) is 0 Å². The smallest absolute Gasteiger partial charge is 0.311 e. The van der Waals surface area contributed by atoms with Gasteiger partial charge >= 0.3 is 5.97 Å². The zero-order chi connectivity index (χ0) is 15.2. The highest BCUT2D eigenvalue weighted by molar-refractivity contribution is 7.13. The number of nitrogens with one attached hydrogen (secondary N) is 1. The van der Waals surface area contributed by atoms with Gasteiger partial charge in [-0.1, -0.05) is 6.92 Å². The first-order valence-corrected chi connectivity index (χ1v) is 8.37. The Labute approximate surface area is 129 Å². The number of esters is 1. The number of carbonyl (C=O) groups is 2. The van der Waals surface area contributed by atoms with Crippen molar-refractivity contribution in [2.24, 2.45) is 11.8 Å². The first kappa shape index (κ1) is 15.9. The van der Waals surface area contributed by atoms with Crippen molar-refractivity contribution >= 4 is 28.3 Å². The Balaban J connectivity index is 1.84. The lowest BCUT2D eigenvalue weighted by Crippen LogP contribution is -2.26. The highest BCUT2D eigenvalue weighted by atomic mass is 32.1. The van der Waals surface area contributed by atoms with Crippen LogP contribution in [0.15, 0.2) is 5.38 Å². The highest BCUT2D eigenvalue weighted by Gasteiger charge is 2.24. The molecule has 1 aromatic heterocycles. The summed E-state index contributed by atoms with van der Waals surface area (Å²) in [6, 6.07) is 0. The Morgan fingerprint density at radius 3 is 2.76 bits per heavy atom. The number of thiazole rings is 1. The SMILES string of the molecule is CCOC(=O)Cc1csc(NC(=O)C2CCC(C)CC2)n1. The lowest BCUT2D eigenvalue weighted by atomic mass is 9.82. The standard InChI is InChI=1S/C15H22N2O3S/c1-3-20-13(18)8-12-9-21-15(16-12)17-14(19)11-6-4-10(2)5-7-11/h9-11H,3-8H2,1-2H3,(H,16,17,19). The average Bonchev–Trinajstić information content (AvgIpc) is 2.86. The van der Waals surface area contributed by atoms with Gasteiger partial charge in [-0.25, -0.2) is 4.98 Å². The van der Waals surface area contributed by atoms with Crippen LogP contribution in [0.25, 0.3) is 0 Å². The minimum Gasteiger partial charge on any atom is -0.466 e. The van der Waals surface area contributed by atoms with E-state index in [1.807, 2.05) is 0 Å². The van der Waals surface area contributed by atoms with Crippen LogP contribution in [-0.4, -0.2) is 23.5 Å². The predicted octanol–water partition coefficient (Wildman–Crippen LogP) is 3.01. The molecule has 1 aromatic rings. The monoisotopic (exact) mass is 310 g/mol. The second-order valence-electron chi connectivity index (χ2n) is 5.57. The largest absolute Gasteiger partial charge is 0.466 e. The molecule has 21 heavy (non-hydrogen) atoms. The summed E-state index contributed by atoms with van der Waals surface area (Å²) in [5, 5.41) is 5.22. The summed E-state index contributed by atoms with van der Waals surface area (Å²) in [6.45, 7) is 4.37. The minimum absolute atomic E-state index is 0.0546. The fourth-order valence-electron chi connectivity index (χ4n) is 2.54. The number of rotatable bonds is 5. The molecule has 1 heterocycles. The second kappa shape index (κ2) is 7.54. The van der Waals surface area contributed by atoms with Crippen molar-refractivity contribution < 1.29 is 14.3 Å². The zero-order valence-electron chi connectivity index (χ0n) is 12.6. The number of carbonyl (C=O) groups excluding carboxylic acids is 2. The molecule has 2 rings (SSSR count). The van der Waals surface area contributed by atoms with Crippen molar-refractivity contribution in [1.29, 1.82) is 0 Å². The van der Waals surface area contributed by atoms with Crippen LogP contribution in [0.1, 0.15) is 45.2 Å². The summed E-state index contributed by atoms with van der Waals surface area (Å²) < 4.78 is 4.88. The van der Waals surface area contributed by atoms with Crippen molar-refractivity contribution in [2.45, 2.75) is 46.0 Å². The van der Waals surface area contributed by atoms with E-state index in [2.05, 4.69) is 17.2 Å². The molecule has 0 spiro atoms. The molecule has 1 aliphatic carbocycles. The summed E-state index contributed by atoms with van der Waals surface area (Å²) in [4.78, 5) is 27.8. The molecule has 0 aromatic carbocycles. The molecule has 1 aliphatic rings. The van der Waals surface area contributed by atoms with Crippen LogP contribution in [0.5, 0.6) is 0 Å². The van der Waals surface area contributed by atoms with Crippen LogP contribution in [0.2, 0.25) is 0 Å². The maximum atomic E-state index is 12.2. The summed E-state index contributed by atoms with van der Waals surface area (Å²) >= 11 is 1.35. The van der Waals surface area contributed by atoms with Crippen LogP contribution in [0, 0.1) is 11.8 Å². The number of nitrogens with zero attached hydrogens (tertiary/aromatic N) is 1. The first-order valence-electron chi connectivity index (χ1n) is 7.49. The first-order chi connectivity index (χ1) is 10.1. The molecule has 1 N–H and O–H groups in total. The summed E-state index contributed by atoms with van der Waals surface area (Å²) in [7, 11) is 0. The number of anilines is 1. The van der Waals surface area contributed by atoms with Crippen molar-refractivity contribution in [3.63, 3.8) is 0 Å².